The maximum atomic E-state index is 12.1. The number of aromatic hydroxyl groups is 1. The van der Waals surface area contributed by atoms with E-state index in [0.29, 0.717) is 12.2 Å². The predicted molar refractivity (Wildman–Crippen MR) is 82.6 cm³/mol. The normalized spacial score (nSPS) is 11.2. The van der Waals surface area contributed by atoms with Gasteiger partial charge in [-0.25, -0.2) is 4.79 Å². The zero-order chi connectivity index (χ0) is 15.5. The lowest BCUT2D eigenvalue weighted by molar-refractivity contribution is 0.0524. The van der Waals surface area contributed by atoms with E-state index >= 15 is 0 Å². The van der Waals surface area contributed by atoms with E-state index in [1.807, 2.05) is 30.3 Å². The fourth-order valence-corrected chi connectivity index (χ4v) is 2.45. The Morgan fingerprint density at radius 3 is 2.33 bits per heavy atom. The highest BCUT2D eigenvalue weighted by molar-refractivity contribution is 5.91. The molecule has 0 aliphatic rings. The number of carbonyl (C=O) groups excluding carboxylic acids is 1. The first kappa shape index (κ1) is 15.1. The van der Waals surface area contributed by atoms with Crippen LogP contribution in [-0.4, -0.2) is 17.7 Å². The highest BCUT2D eigenvalue weighted by atomic mass is 16.5. The second-order valence-electron chi connectivity index (χ2n) is 5.44. The molecule has 3 heteroatoms. The van der Waals surface area contributed by atoms with Gasteiger partial charge in [0.1, 0.15) is 5.75 Å². The van der Waals surface area contributed by atoms with Crippen LogP contribution in [0.3, 0.4) is 0 Å². The van der Waals surface area contributed by atoms with Crippen LogP contribution in [0.5, 0.6) is 5.75 Å². The van der Waals surface area contributed by atoms with Crippen LogP contribution in [0.25, 0.3) is 0 Å². The maximum absolute atomic E-state index is 12.1. The van der Waals surface area contributed by atoms with E-state index < -0.39 is 0 Å². The molecular formula is C18H20O3. The summed E-state index contributed by atoms with van der Waals surface area (Å²) in [6.07, 6.45) is 0. The van der Waals surface area contributed by atoms with Gasteiger partial charge in [0.25, 0.3) is 0 Å². The van der Waals surface area contributed by atoms with Crippen molar-refractivity contribution < 1.29 is 14.6 Å². The average molecular weight is 284 g/mol. The Morgan fingerprint density at radius 2 is 1.71 bits per heavy atom. The maximum Gasteiger partial charge on any atom is 0.338 e. The van der Waals surface area contributed by atoms with E-state index in [1.54, 1.807) is 25.1 Å². The monoisotopic (exact) mass is 284 g/mol. The molecule has 0 amide bonds. The van der Waals surface area contributed by atoms with Gasteiger partial charge in [-0.2, -0.15) is 0 Å². The number of phenols is 1. The van der Waals surface area contributed by atoms with Crippen molar-refractivity contribution in [2.45, 2.75) is 26.2 Å². The molecule has 0 spiro atoms. The van der Waals surface area contributed by atoms with Crippen LogP contribution in [0.2, 0.25) is 0 Å². The van der Waals surface area contributed by atoms with Crippen LogP contribution in [0.15, 0.2) is 48.5 Å². The Bertz CT molecular complexity index is 627. The van der Waals surface area contributed by atoms with Gasteiger partial charge < -0.3 is 9.84 Å². The van der Waals surface area contributed by atoms with Crippen LogP contribution < -0.4 is 0 Å². The van der Waals surface area contributed by atoms with Crippen molar-refractivity contribution in [1.82, 2.24) is 0 Å². The molecular weight excluding hydrogens is 264 g/mol. The first-order valence-corrected chi connectivity index (χ1v) is 7.03. The minimum atomic E-state index is -0.364. The van der Waals surface area contributed by atoms with Crippen LogP contribution in [0, 0.1) is 0 Å². The molecule has 0 aliphatic carbocycles. The van der Waals surface area contributed by atoms with E-state index in [9.17, 15) is 9.90 Å². The molecule has 21 heavy (non-hydrogen) atoms. The average Bonchev–Trinajstić information content (AvgIpc) is 2.48. The number of carbonyl (C=O) groups is 1. The zero-order valence-corrected chi connectivity index (χ0v) is 12.6. The van der Waals surface area contributed by atoms with Crippen molar-refractivity contribution in [3.8, 4) is 5.75 Å². The minimum Gasteiger partial charge on any atom is -0.508 e. The van der Waals surface area contributed by atoms with Crippen molar-refractivity contribution in [1.29, 1.82) is 0 Å². The quantitative estimate of drug-likeness (QED) is 0.866. The Kier molecular flexibility index (Phi) is 4.32. The molecule has 2 rings (SSSR count). The topological polar surface area (TPSA) is 46.5 Å². The molecule has 0 aromatic heterocycles. The van der Waals surface area contributed by atoms with Crippen LogP contribution in [0.1, 0.15) is 42.3 Å². The van der Waals surface area contributed by atoms with Gasteiger partial charge in [0.15, 0.2) is 0 Å². The van der Waals surface area contributed by atoms with Gasteiger partial charge in [-0.1, -0.05) is 44.2 Å². The highest BCUT2D eigenvalue weighted by Crippen LogP contribution is 2.34. The summed E-state index contributed by atoms with van der Waals surface area (Å²) in [6, 6.07) is 14.5. The van der Waals surface area contributed by atoms with E-state index in [2.05, 4.69) is 13.8 Å². The van der Waals surface area contributed by atoms with Gasteiger partial charge in [0.2, 0.25) is 0 Å². The summed E-state index contributed by atoms with van der Waals surface area (Å²) in [7, 11) is 0. The number of hydrogen-bond acceptors (Lipinski definition) is 3. The summed E-state index contributed by atoms with van der Waals surface area (Å²) in [5.41, 5.74) is 2.15. The summed E-state index contributed by atoms with van der Waals surface area (Å²) in [4.78, 5) is 12.1. The summed E-state index contributed by atoms with van der Waals surface area (Å²) < 4.78 is 5.14. The molecule has 110 valence electrons. The van der Waals surface area contributed by atoms with Gasteiger partial charge in [0.05, 0.1) is 12.2 Å². The molecule has 0 heterocycles. The van der Waals surface area contributed by atoms with Crippen LogP contribution in [-0.2, 0) is 10.2 Å². The Morgan fingerprint density at radius 1 is 1.10 bits per heavy atom. The number of phenolic OH excluding ortho intramolecular Hbond substituents is 1. The van der Waals surface area contributed by atoms with Gasteiger partial charge in [0, 0.05) is 5.41 Å². The summed E-state index contributed by atoms with van der Waals surface area (Å²) in [5, 5.41) is 9.43. The smallest absolute Gasteiger partial charge is 0.338 e. The third kappa shape index (κ3) is 3.07. The molecule has 1 N–H and O–H groups in total. The molecule has 0 radical (unpaired) electrons. The molecule has 2 aromatic rings. The van der Waals surface area contributed by atoms with Crippen molar-refractivity contribution in [2.75, 3.05) is 6.61 Å². The second-order valence-corrected chi connectivity index (χ2v) is 5.44. The first-order valence-electron chi connectivity index (χ1n) is 7.03. The molecule has 2 aromatic carbocycles. The molecule has 0 saturated heterocycles. The number of ether oxygens (including phenoxy) is 1. The number of hydrogen-bond donors (Lipinski definition) is 1. The van der Waals surface area contributed by atoms with Crippen molar-refractivity contribution in [3.63, 3.8) is 0 Å². The Balaban J connectivity index is 2.49. The standard InChI is InChI=1S/C18H20O3/c1-4-21-17(20)15-7-5-6-8-16(15)18(2,3)13-9-11-14(19)12-10-13/h5-12,19H,4H2,1-3H3. The van der Waals surface area contributed by atoms with E-state index in [-0.39, 0.29) is 17.1 Å². The number of esters is 1. The lowest BCUT2D eigenvalue weighted by atomic mass is 9.76. The van der Waals surface area contributed by atoms with Crippen molar-refractivity contribution >= 4 is 5.97 Å². The third-order valence-corrected chi connectivity index (χ3v) is 3.68. The van der Waals surface area contributed by atoms with Gasteiger partial charge in [-0.3, -0.25) is 0 Å². The predicted octanol–water partition coefficient (Wildman–Crippen LogP) is 3.89. The summed E-state index contributed by atoms with van der Waals surface area (Å²) >= 11 is 0. The molecule has 0 atom stereocenters. The summed E-state index contributed by atoms with van der Waals surface area (Å²) in [5.74, 6) is -0.0758. The van der Waals surface area contributed by atoms with E-state index in [1.165, 1.54) is 0 Å². The number of rotatable bonds is 4. The largest absolute Gasteiger partial charge is 0.508 e. The minimum absolute atomic E-state index is 0.230. The fraction of sp³-hybridized carbons (Fsp3) is 0.278. The third-order valence-electron chi connectivity index (χ3n) is 3.68. The number of benzene rings is 2. The molecule has 3 nitrogen and oxygen atoms in total. The van der Waals surface area contributed by atoms with Crippen molar-refractivity contribution in [3.05, 3.63) is 65.2 Å². The highest BCUT2D eigenvalue weighted by Gasteiger charge is 2.28. The fourth-order valence-electron chi connectivity index (χ4n) is 2.45. The summed E-state index contributed by atoms with van der Waals surface area (Å²) in [6.45, 7) is 6.26. The molecule has 0 bridgehead atoms. The first-order chi connectivity index (χ1) is 9.96. The SMILES string of the molecule is CCOC(=O)c1ccccc1C(C)(C)c1ccc(O)cc1. The van der Waals surface area contributed by atoms with E-state index in [4.69, 9.17) is 4.74 Å². The molecule has 0 unspecified atom stereocenters. The van der Waals surface area contributed by atoms with Crippen LogP contribution >= 0.6 is 0 Å². The zero-order valence-electron chi connectivity index (χ0n) is 12.6. The Labute approximate surface area is 125 Å². The van der Waals surface area contributed by atoms with Gasteiger partial charge in [-0.05, 0) is 36.2 Å². The lowest BCUT2D eigenvalue weighted by Crippen LogP contribution is -2.23. The van der Waals surface area contributed by atoms with Gasteiger partial charge in [-0.15, -0.1) is 0 Å². The van der Waals surface area contributed by atoms with Crippen molar-refractivity contribution in [2.24, 2.45) is 0 Å². The molecule has 0 saturated carbocycles. The lowest BCUT2D eigenvalue weighted by Gasteiger charge is -2.28. The van der Waals surface area contributed by atoms with Gasteiger partial charge >= 0.3 is 5.97 Å². The van der Waals surface area contributed by atoms with E-state index in [0.717, 1.165) is 11.1 Å². The second kappa shape index (κ2) is 6.00. The Hall–Kier alpha value is -2.29. The molecule has 0 aliphatic heterocycles. The molecule has 0 fully saturated rings. The van der Waals surface area contributed by atoms with Crippen LogP contribution in [0.4, 0.5) is 0 Å².